The maximum Gasteiger partial charge on any atom is 0.325 e. The molecule has 0 fully saturated rings. The lowest BCUT2D eigenvalue weighted by Crippen LogP contribution is -2.48. The molecule has 17 N–H and O–H groups in total. The Labute approximate surface area is 651 Å². The van der Waals surface area contributed by atoms with Crippen molar-refractivity contribution < 1.29 is 155 Å². The second-order valence-electron chi connectivity index (χ2n) is 25.0. The highest BCUT2D eigenvalue weighted by Crippen LogP contribution is 2.38. The van der Waals surface area contributed by atoms with Crippen LogP contribution < -0.4 is 36.1 Å². The number of hydrogen-bond acceptors (Lipinski definition) is 31. The molecule has 0 aromatic heterocycles. The van der Waals surface area contributed by atoms with Crippen LogP contribution in [0.2, 0.25) is 0 Å². The summed E-state index contributed by atoms with van der Waals surface area (Å²) < 4.78 is 100. The van der Waals surface area contributed by atoms with E-state index in [9.17, 15) is 69.2 Å². The highest BCUT2D eigenvalue weighted by Gasteiger charge is 2.37. The molecule has 10 unspecified atom stereocenters. The minimum atomic E-state index is -4.34. The Balaban J connectivity index is 1.26. The van der Waals surface area contributed by atoms with E-state index in [1.807, 2.05) is 0 Å². The zero-order chi connectivity index (χ0) is 81.7. The molecule has 1 heterocycles. The molecule has 4 amide bonds. The SMILES string of the molecule is C=C(NCCOCCOCCOCCN(CCOCCOCCOCCNC(=S)Nc1ccc(OC(O)C(O)C(O)C(O)C(C)CCP(=O)(O)O)cc1)C(=O)CCOCCOCCOCCOCCOCCOCCNC(=O)CCN1C(=O)C=CC1=O)Nc1ccc(OC(O)C(O)C(O)C(O)C(C)CCP(=O)(O)O)cc1. The van der Waals surface area contributed by atoms with Gasteiger partial charge >= 0.3 is 15.2 Å². The van der Waals surface area contributed by atoms with Crippen LogP contribution in [0.3, 0.4) is 0 Å². The van der Waals surface area contributed by atoms with E-state index in [1.54, 1.807) is 29.2 Å². The van der Waals surface area contributed by atoms with Gasteiger partial charge in [0.2, 0.25) is 24.4 Å². The fourth-order valence-electron chi connectivity index (χ4n) is 9.59. The Morgan fingerprint density at radius 2 is 0.766 bits per heavy atom. The average Bonchev–Trinajstić information content (AvgIpc) is 1.85. The number of nitrogens with zero attached hydrogens (tertiary/aromatic N) is 2. The smallest absolute Gasteiger partial charge is 0.325 e. The fourth-order valence-corrected chi connectivity index (χ4v) is 11.3. The number of benzene rings is 2. The highest BCUT2D eigenvalue weighted by atomic mass is 32.1. The summed E-state index contributed by atoms with van der Waals surface area (Å²) in [7, 11) is -8.67. The van der Waals surface area contributed by atoms with Crippen LogP contribution in [0.4, 0.5) is 11.4 Å². The number of carbonyl (C=O) groups is 4. The first kappa shape index (κ1) is 99.6. The van der Waals surface area contributed by atoms with Crippen molar-refractivity contribution in [1.29, 1.82) is 0 Å². The third-order valence-electron chi connectivity index (χ3n) is 16.0. The second kappa shape index (κ2) is 59.1. The van der Waals surface area contributed by atoms with Crippen LogP contribution in [0.15, 0.2) is 73.1 Å². The molecule has 111 heavy (non-hydrogen) atoms. The summed E-state index contributed by atoms with van der Waals surface area (Å²) in [5, 5.41) is 97.9. The second-order valence-corrected chi connectivity index (χ2v) is 28.9. The predicted octanol–water partition coefficient (Wildman–Crippen LogP) is -2.04. The maximum atomic E-state index is 13.4. The van der Waals surface area contributed by atoms with E-state index >= 15 is 0 Å². The lowest BCUT2D eigenvalue weighted by atomic mass is 9.94. The molecular formula is C69H117N7O32P2S. The van der Waals surface area contributed by atoms with Crippen molar-refractivity contribution in [1.82, 2.24) is 25.8 Å². The number of carbonyl (C=O) groups excluding carboxylic acids is 4. The third kappa shape index (κ3) is 48.4. The minimum absolute atomic E-state index is 0.00774. The molecule has 1 aliphatic rings. The molecule has 42 heteroatoms. The van der Waals surface area contributed by atoms with Gasteiger partial charge in [-0.2, -0.15) is 0 Å². The van der Waals surface area contributed by atoms with Gasteiger partial charge in [0, 0.05) is 69.2 Å². The van der Waals surface area contributed by atoms with Gasteiger partial charge in [0.25, 0.3) is 11.8 Å². The Kier molecular flexibility index (Phi) is 53.0. The van der Waals surface area contributed by atoms with E-state index in [-0.39, 0.29) is 140 Å². The summed E-state index contributed by atoms with van der Waals surface area (Å²) in [6.07, 6.45) is -13.5. The van der Waals surface area contributed by atoms with Crippen molar-refractivity contribution in [3.63, 3.8) is 0 Å². The van der Waals surface area contributed by atoms with Gasteiger partial charge in [0.05, 0.1) is 195 Å². The van der Waals surface area contributed by atoms with Crippen LogP contribution >= 0.6 is 27.4 Å². The van der Waals surface area contributed by atoms with E-state index < -0.39 is 100 Å². The normalized spacial score (nSPS) is 15.2. The first-order chi connectivity index (χ1) is 53.0. The monoisotopic (exact) mass is 1650 g/mol. The molecule has 0 radical (unpaired) electrons. The molecule has 1 aliphatic heterocycles. The Bertz CT molecular complexity index is 2850. The molecule has 0 saturated carbocycles. The van der Waals surface area contributed by atoms with Crippen LogP contribution in [0.5, 0.6) is 11.5 Å². The van der Waals surface area contributed by atoms with E-state index in [4.69, 9.17) is 98.1 Å². The molecule has 0 bridgehead atoms. The van der Waals surface area contributed by atoms with Gasteiger partial charge in [-0.1, -0.05) is 20.4 Å². The standard InChI is InChI=1S/C69H117N7O32P2S/c1-50(16-48-109(89,90)91)61(81)63(83)65(85)67(87)107-55-8-4-53(5-9-55)73-52(3)70-18-25-96-31-37-102-40-34-99-28-22-75(58(78)15-24-95-30-36-101-42-44-105-46-47-106-45-43-104-38-32-97-26-19-71-57(77)14-21-76-59(79)12-13-60(76)80)23-29-100-35-41-103-39-33-98-27-20-72-69(111)74-54-6-10-56(11-7-54)108-68(88)66(86)64(84)62(82)51(2)17-49-110(92,93)94/h4-13,50-51,61-68,70,73,81-88H,3,14-49H2,1-2H3,(H,71,77)(H2,72,74,111)(H2,89,90,91)(H2,92,93,94). The quantitative estimate of drug-likeness (QED) is 0.0112. The number of anilines is 2. The number of ether oxygens (including phenoxy) is 14. The predicted molar refractivity (Wildman–Crippen MR) is 403 cm³/mol. The van der Waals surface area contributed by atoms with Crippen LogP contribution in [-0.4, -0.2) is 358 Å². The Morgan fingerprint density at radius 3 is 1.14 bits per heavy atom. The lowest BCUT2D eigenvalue weighted by molar-refractivity contribution is -0.171. The van der Waals surface area contributed by atoms with Gasteiger partial charge in [-0.3, -0.25) is 33.2 Å². The number of hydrogen-bond donors (Lipinski definition) is 17. The number of nitrogens with one attached hydrogen (secondary N) is 5. The summed E-state index contributed by atoms with van der Waals surface area (Å²) in [5.41, 5.74) is 1.16. The number of aliphatic hydroxyl groups excluding tert-OH is 8. The van der Waals surface area contributed by atoms with Crippen molar-refractivity contribution >= 4 is 67.5 Å². The average molecular weight is 1650 g/mol. The van der Waals surface area contributed by atoms with Crippen molar-refractivity contribution in [3.05, 3.63) is 73.1 Å². The van der Waals surface area contributed by atoms with E-state index in [1.165, 1.54) is 50.3 Å². The van der Waals surface area contributed by atoms with Crippen LogP contribution in [0.1, 0.15) is 39.5 Å². The van der Waals surface area contributed by atoms with Crippen molar-refractivity contribution in [2.45, 2.75) is 88.7 Å². The number of aliphatic hydroxyl groups is 8. The molecule has 0 aliphatic carbocycles. The Morgan fingerprint density at radius 1 is 0.441 bits per heavy atom. The van der Waals surface area contributed by atoms with Crippen molar-refractivity contribution in [3.8, 4) is 11.5 Å². The molecule has 0 saturated heterocycles. The summed E-state index contributed by atoms with van der Waals surface area (Å²) in [4.78, 5) is 87.5. The molecule has 2 aromatic carbocycles. The molecule has 10 atom stereocenters. The number of rotatable bonds is 70. The maximum absolute atomic E-state index is 13.4. The lowest BCUT2D eigenvalue weighted by Gasteiger charge is -2.29. The van der Waals surface area contributed by atoms with E-state index in [0.717, 1.165) is 4.90 Å². The molecule has 0 spiro atoms. The summed E-state index contributed by atoms with van der Waals surface area (Å²) in [5.74, 6) is -2.22. The Hall–Kier alpha value is -5.61. The zero-order valence-electron chi connectivity index (χ0n) is 62.9. The van der Waals surface area contributed by atoms with Crippen LogP contribution in [0, 0.1) is 11.8 Å². The van der Waals surface area contributed by atoms with E-state index in [0.29, 0.717) is 129 Å². The first-order valence-electron chi connectivity index (χ1n) is 36.4. The summed E-state index contributed by atoms with van der Waals surface area (Å²) in [6.45, 7) is 15.6. The van der Waals surface area contributed by atoms with Crippen LogP contribution in [0.25, 0.3) is 0 Å². The molecule has 39 nitrogen and oxygen atoms in total. The summed E-state index contributed by atoms with van der Waals surface area (Å²) >= 11 is 5.36. The van der Waals surface area contributed by atoms with Gasteiger partial charge in [0.15, 0.2) is 5.11 Å². The zero-order valence-corrected chi connectivity index (χ0v) is 65.5. The molecule has 2 aromatic rings. The third-order valence-corrected chi connectivity index (χ3v) is 17.9. The molecule has 3 rings (SSSR count). The van der Waals surface area contributed by atoms with Gasteiger partial charge in [-0.25, -0.2) is 0 Å². The molecular weight excluding hydrogens is 1530 g/mol. The fraction of sp³-hybridized carbons (Fsp3) is 0.696. The summed E-state index contributed by atoms with van der Waals surface area (Å²) in [6, 6.07) is 12.3. The van der Waals surface area contributed by atoms with Crippen molar-refractivity contribution in [2.24, 2.45) is 11.8 Å². The number of amides is 4. The van der Waals surface area contributed by atoms with Gasteiger partial charge < -0.3 is 158 Å². The van der Waals surface area contributed by atoms with Gasteiger partial charge in [0.1, 0.15) is 35.9 Å². The molecule has 636 valence electrons. The highest BCUT2D eigenvalue weighted by molar-refractivity contribution is 7.80. The first-order valence-corrected chi connectivity index (χ1v) is 40.4. The largest absolute Gasteiger partial charge is 0.462 e. The van der Waals surface area contributed by atoms with Crippen LogP contribution in [-0.2, 0) is 85.2 Å². The number of imide groups is 1. The van der Waals surface area contributed by atoms with Gasteiger partial charge in [-0.05, 0) is 85.4 Å². The van der Waals surface area contributed by atoms with Gasteiger partial charge in [-0.15, -0.1) is 0 Å². The van der Waals surface area contributed by atoms with Crippen molar-refractivity contribution in [2.75, 3.05) is 221 Å². The topological polar surface area (TPSA) is 541 Å². The number of thiocarbonyl (C=S) groups is 1. The van der Waals surface area contributed by atoms with E-state index in [2.05, 4.69) is 33.2 Å². The minimum Gasteiger partial charge on any atom is -0.462 e.